The van der Waals surface area contributed by atoms with Gasteiger partial charge >= 0.3 is 12.0 Å². The van der Waals surface area contributed by atoms with Gasteiger partial charge in [0.15, 0.2) is 11.9 Å². The number of imide groups is 1. The number of nitrogens with zero attached hydrogens (tertiary/aromatic N) is 1. The Morgan fingerprint density at radius 1 is 1.15 bits per heavy atom. The lowest BCUT2D eigenvalue weighted by Crippen LogP contribution is -2.43. The number of rotatable bonds is 4. The van der Waals surface area contributed by atoms with Crippen molar-refractivity contribution in [1.82, 2.24) is 15.6 Å². The van der Waals surface area contributed by atoms with E-state index in [-0.39, 0.29) is 5.56 Å². The molecule has 8 nitrogen and oxygen atoms in total. The number of hydrogen-bond donors (Lipinski definition) is 2. The molecule has 1 atom stereocenters. The minimum absolute atomic E-state index is 0.242. The Hall–Kier alpha value is -3.68. The minimum Gasteiger partial charge on any atom is -0.463 e. The van der Waals surface area contributed by atoms with E-state index >= 15 is 0 Å². The fraction of sp³-hybridized carbons (Fsp3) is 0.158. The molecule has 1 aromatic carbocycles. The van der Waals surface area contributed by atoms with Crippen molar-refractivity contribution in [3.05, 3.63) is 54.3 Å². The van der Waals surface area contributed by atoms with E-state index in [2.05, 4.69) is 15.6 Å². The van der Waals surface area contributed by atoms with Crippen molar-refractivity contribution < 1.29 is 23.5 Å². The molecule has 0 saturated heterocycles. The number of ether oxygens (including phenoxy) is 1. The van der Waals surface area contributed by atoms with Crippen LogP contribution in [0, 0.1) is 0 Å². The van der Waals surface area contributed by atoms with Crippen molar-refractivity contribution in [2.24, 2.45) is 0 Å². The number of esters is 1. The molecule has 3 rings (SSSR count). The summed E-state index contributed by atoms with van der Waals surface area (Å²) in [7, 11) is 1.37. The molecule has 0 saturated carbocycles. The van der Waals surface area contributed by atoms with Gasteiger partial charge in [0.25, 0.3) is 5.91 Å². The van der Waals surface area contributed by atoms with Crippen molar-refractivity contribution >= 4 is 28.8 Å². The molecule has 0 aliphatic carbocycles. The molecule has 138 valence electrons. The molecular formula is C19H17N3O5. The molecule has 0 aliphatic heterocycles. The van der Waals surface area contributed by atoms with Crippen LogP contribution in [-0.4, -0.2) is 36.0 Å². The van der Waals surface area contributed by atoms with E-state index in [0.29, 0.717) is 22.4 Å². The summed E-state index contributed by atoms with van der Waals surface area (Å²) in [5.41, 5.74) is 1.29. The van der Waals surface area contributed by atoms with Crippen LogP contribution in [0.2, 0.25) is 0 Å². The molecule has 8 heteroatoms. The number of aromatic nitrogens is 1. The van der Waals surface area contributed by atoms with Crippen LogP contribution in [0.1, 0.15) is 17.3 Å². The van der Waals surface area contributed by atoms with Gasteiger partial charge in [-0.1, -0.05) is 18.2 Å². The maximum atomic E-state index is 12.7. The zero-order valence-electron chi connectivity index (χ0n) is 14.7. The quantitative estimate of drug-likeness (QED) is 0.686. The van der Waals surface area contributed by atoms with Crippen LogP contribution < -0.4 is 10.6 Å². The normalized spacial score (nSPS) is 11.6. The number of furan rings is 1. The molecule has 0 bridgehead atoms. The Bertz CT molecular complexity index is 998. The second-order valence-electron chi connectivity index (χ2n) is 5.67. The number of nitrogens with one attached hydrogen (secondary N) is 2. The Morgan fingerprint density at radius 3 is 2.63 bits per heavy atom. The van der Waals surface area contributed by atoms with Crippen LogP contribution in [0.25, 0.3) is 22.4 Å². The van der Waals surface area contributed by atoms with E-state index in [1.165, 1.54) is 20.2 Å². The van der Waals surface area contributed by atoms with Gasteiger partial charge in [0, 0.05) is 12.4 Å². The largest absolute Gasteiger partial charge is 0.463 e. The Balaban J connectivity index is 1.91. The highest BCUT2D eigenvalue weighted by Crippen LogP contribution is 2.26. The number of hydrogen-bond acceptors (Lipinski definition) is 6. The highest BCUT2D eigenvalue weighted by atomic mass is 16.5. The molecule has 2 aromatic heterocycles. The molecule has 1 unspecified atom stereocenters. The number of benzene rings is 1. The molecule has 0 spiro atoms. The number of para-hydroxylation sites is 1. The number of fused-ring (bicyclic) bond motifs is 1. The number of pyridine rings is 1. The Morgan fingerprint density at radius 2 is 1.93 bits per heavy atom. The third-order valence-electron chi connectivity index (χ3n) is 3.83. The van der Waals surface area contributed by atoms with Gasteiger partial charge in [-0.15, -0.1) is 0 Å². The van der Waals surface area contributed by atoms with Crippen molar-refractivity contribution in [3.8, 4) is 11.5 Å². The van der Waals surface area contributed by atoms with Gasteiger partial charge in [-0.2, -0.15) is 0 Å². The van der Waals surface area contributed by atoms with Gasteiger partial charge < -0.3 is 14.5 Å². The molecule has 3 aromatic rings. The first-order valence-corrected chi connectivity index (χ1v) is 8.17. The van der Waals surface area contributed by atoms with Crippen LogP contribution in [0.15, 0.2) is 53.1 Å². The fourth-order valence-corrected chi connectivity index (χ4v) is 2.45. The van der Waals surface area contributed by atoms with E-state index in [4.69, 9.17) is 9.15 Å². The van der Waals surface area contributed by atoms with E-state index in [1.807, 2.05) is 0 Å². The van der Waals surface area contributed by atoms with Gasteiger partial charge in [-0.05, 0) is 31.2 Å². The lowest BCUT2D eigenvalue weighted by Gasteiger charge is -2.14. The predicted molar refractivity (Wildman–Crippen MR) is 96.9 cm³/mol. The average Bonchev–Trinajstić information content (AvgIpc) is 3.21. The second-order valence-corrected chi connectivity index (χ2v) is 5.67. The first-order chi connectivity index (χ1) is 13.0. The average molecular weight is 367 g/mol. The number of carbonyl (C=O) groups is 3. The summed E-state index contributed by atoms with van der Waals surface area (Å²) >= 11 is 0. The van der Waals surface area contributed by atoms with E-state index in [9.17, 15) is 14.4 Å². The highest BCUT2D eigenvalue weighted by Gasteiger charge is 2.23. The van der Waals surface area contributed by atoms with Crippen molar-refractivity contribution in [2.45, 2.75) is 13.0 Å². The summed E-state index contributed by atoms with van der Waals surface area (Å²) in [5, 5.41) is 4.90. The smallest absolute Gasteiger partial charge is 0.339 e. The van der Waals surface area contributed by atoms with Crippen LogP contribution in [-0.2, 0) is 9.53 Å². The van der Waals surface area contributed by atoms with Crippen LogP contribution in [0.3, 0.4) is 0 Å². The van der Waals surface area contributed by atoms with Crippen molar-refractivity contribution in [2.75, 3.05) is 7.05 Å². The summed E-state index contributed by atoms with van der Waals surface area (Å²) in [6.07, 6.45) is 0.351. The number of urea groups is 1. The molecule has 2 N–H and O–H groups in total. The third-order valence-corrected chi connectivity index (χ3v) is 3.83. The van der Waals surface area contributed by atoms with E-state index in [0.717, 1.165) is 0 Å². The van der Waals surface area contributed by atoms with Crippen LogP contribution in [0.4, 0.5) is 4.79 Å². The molecule has 2 heterocycles. The summed E-state index contributed by atoms with van der Waals surface area (Å²) in [6, 6.07) is 11.4. The molecule has 27 heavy (non-hydrogen) atoms. The summed E-state index contributed by atoms with van der Waals surface area (Å²) < 4.78 is 10.6. The standard InChI is InChI=1S/C19H17N3O5/c1-11(17(23)22-19(25)20-2)27-18(24)13-10-15(16-8-5-9-26-16)21-14-7-4-3-6-12(13)14/h3-11H,1-2H3,(H2,20,22,23,25). The van der Waals surface area contributed by atoms with Gasteiger partial charge in [0.05, 0.1) is 17.3 Å². The maximum absolute atomic E-state index is 12.7. The molecule has 0 fully saturated rings. The predicted octanol–water partition coefficient (Wildman–Crippen LogP) is 2.50. The minimum atomic E-state index is -1.16. The van der Waals surface area contributed by atoms with E-state index < -0.39 is 24.0 Å². The molecular weight excluding hydrogens is 350 g/mol. The Labute approximate surface area is 154 Å². The number of carbonyl (C=O) groups excluding carboxylic acids is 3. The first-order valence-electron chi connectivity index (χ1n) is 8.17. The zero-order valence-corrected chi connectivity index (χ0v) is 14.7. The molecule has 0 aliphatic rings. The first kappa shape index (κ1) is 18.1. The number of amides is 3. The van der Waals surface area contributed by atoms with Gasteiger partial charge in [0.1, 0.15) is 5.69 Å². The van der Waals surface area contributed by atoms with Gasteiger partial charge in [-0.25, -0.2) is 14.6 Å². The van der Waals surface area contributed by atoms with Crippen molar-refractivity contribution in [1.29, 1.82) is 0 Å². The summed E-state index contributed by atoms with van der Waals surface area (Å²) in [4.78, 5) is 40.3. The third kappa shape index (κ3) is 3.95. The van der Waals surface area contributed by atoms with E-state index in [1.54, 1.807) is 42.5 Å². The monoisotopic (exact) mass is 367 g/mol. The van der Waals surface area contributed by atoms with Crippen molar-refractivity contribution in [3.63, 3.8) is 0 Å². The molecule has 3 amide bonds. The second kappa shape index (κ2) is 7.69. The fourth-order valence-electron chi connectivity index (χ4n) is 2.45. The highest BCUT2D eigenvalue weighted by molar-refractivity contribution is 6.05. The summed E-state index contributed by atoms with van der Waals surface area (Å²) in [6.45, 7) is 1.38. The maximum Gasteiger partial charge on any atom is 0.339 e. The lowest BCUT2D eigenvalue weighted by atomic mass is 10.1. The SMILES string of the molecule is CNC(=O)NC(=O)C(C)OC(=O)c1cc(-c2ccco2)nc2ccccc12. The van der Waals surface area contributed by atoms with Gasteiger partial charge in [-0.3, -0.25) is 10.1 Å². The Kier molecular flexibility index (Phi) is 5.16. The van der Waals surface area contributed by atoms with Gasteiger partial charge in [0.2, 0.25) is 0 Å². The zero-order chi connectivity index (χ0) is 19.4. The summed E-state index contributed by atoms with van der Waals surface area (Å²) in [5.74, 6) is -0.937. The topological polar surface area (TPSA) is 111 Å². The lowest BCUT2D eigenvalue weighted by molar-refractivity contribution is -0.127. The molecule has 0 radical (unpaired) electrons. The van der Waals surface area contributed by atoms with Crippen LogP contribution >= 0.6 is 0 Å². The van der Waals surface area contributed by atoms with Crippen LogP contribution in [0.5, 0.6) is 0 Å².